The van der Waals surface area contributed by atoms with Gasteiger partial charge in [0.1, 0.15) is 6.61 Å². The smallest absolute Gasteiger partial charge is 0.342 e. The van der Waals surface area contributed by atoms with Crippen LogP contribution in [0, 0.1) is 0 Å². The summed E-state index contributed by atoms with van der Waals surface area (Å²) in [4.78, 5) is 32.3. The Balaban J connectivity index is 1.68. The lowest BCUT2D eigenvalue weighted by atomic mass is 9.79. The Morgan fingerprint density at radius 3 is 2.90 bits per heavy atom. The minimum atomic E-state index is -1.74. The second kappa shape index (κ2) is 6.62. The number of halogens is 2. The molecule has 1 unspecified atom stereocenters. The Bertz CT molecular complexity index is 1130. The van der Waals surface area contributed by atoms with E-state index in [9.17, 15) is 14.7 Å². The number of fused-ring (bicyclic) bond motifs is 4. The largest absolute Gasteiger partial charge is 0.458 e. The molecule has 0 saturated heterocycles. The van der Waals surface area contributed by atoms with Gasteiger partial charge in [-0.1, -0.05) is 38.8 Å². The van der Waals surface area contributed by atoms with Crippen molar-refractivity contribution in [2.75, 3.05) is 6.61 Å². The summed E-state index contributed by atoms with van der Waals surface area (Å²) < 4.78 is 6.12. The van der Waals surface area contributed by atoms with Crippen LogP contribution in [0.4, 0.5) is 0 Å². The van der Waals surface area contributed by atoms with E-state index in [1.165, 1.54) is 0 Å². The number of carbonyl (C=O) groups excluding carboxylic acids is 2. The van der Waals surface area contributed by atoms with Gasteiger partial charge in [0.15, 0.2) is 5.60 Å². The second-order valence-electron chi connectivity index (χ2n) is 7.65. The van der Waals surface area contributed by atoms with Crippen LogP contribution in [0.3, 0.4) is 0 Å². The van der Waals surface area contributed by atoms with Crippen LogP contribution >= 0.6 is 31.9 Å². The highest BCUT2D eigenvalue weighted by atomic mass is 79.9. The zero-order valence-corrected chi connectivity index (χ0v) is 18.8. The van der Waals surface area contributed by atoms with E-state index in [1.807, 2.05) is 18.2 Å². The number of amides is 1. The van der Waals surface area contributed by atoms with Crippen LogP contribution in [-0.4, -0.2) is 39.1 Å². The van der Waals surface area contributed by atoms with E-state index in [0.717, 1.165) is 32.2 Å². The third-order valence-electron chi connectivity index (χ3n) is 6.33. The first-order valence-electron chi connectivity index (χ1n) is 9.49. The molecule has 3 aliphatic heterocycles. The Morgan fingerprint density at radius 1 is 1.38 bits per heavy atom. The quantitative estimate of drug-likeness (QED) is 0.481. The summed E-state index contributed by atoms with van der Waals surface area (Å²) in [5.74, 6) is -0.852. The van der Waals surface area contributed by atoms with Gasteiger partial charge in [-0.2, -0.15) is 0 Å². The van der Waals surface area contributed by atoms with Crippen molar-refractivity contribution in [3.05, 3.63) is 50.6 Å². The lowest BCUT2D eigenvalue weighted by Crippen LogP contribution is -2.51. The second-order valence-corrected chi connectivity index (χ2v) is 9.13. The minimum Gasteiger partial charge on any atom is -0.458 e. The molecule has 0 spiro atoms. The molecule has 1 aromatic carbocycles. The van der Waals surface area contributed by atoms with Crippen molar-refractivity contribution >= 4 is 54.6 Å². The summed E-state index contributed by atoms with van der Waals surface area (Å²) in [5, 5.41) is 12.7. The molecule has 1 N–H and O–H groups in total. The van der Waals surface area contributed by atoms with Crippen molar-refractivity contribution in [3.63, 3.8) is 0 Å². The molecule has 4 heterocycles. The number of aliphatic hydroxyl groups is 1. The molecule has 5 rings (SSSR count). The van der Waals surface area contributed by atoms with Crippen LogP contribution in [0.5, 0.6) is 0 Å². The van der Waals surface area contributed by atoms with Gasteiger partial charge in [0, 0.05) is 21.7 Å². The molecule has 1 aromatic heterocycles. The molecule has 29 heavy (non-hydrogen) atoms. The van der Waals surface area contributed by atoms with Gasteiger partial charge in [0.2, 0.25) is 0 Å². The van der Waals surface area contributed by atoms with Crippen molar-refractivity contribution in [3.8, 4) is 0 Å². The molecule has 0 aliphatic carbocycles. The molecular weight excluding hydrogens is 504 g/mol. The fourth-order valence-electron chi connectivity index (χ4n) is 4.74. The topological polar surface area (TPSA) is 79.7 Å². The van der Waals surface area contributed by atoms with Crippen molar-refractivity contribution in [2.24, 2.45) is 0 Å². The van der Waals surface area contributed by atoms with Crippen LogP contribution in [0.25, 0.3) is 10.9 Å². The number of alkyl halides is 1. The fourth-order valence-corrected chi connectivity index (χ4v) is 5.74. The van der Waals surface area contributed by atoms with Gasteiger partial charge in [-0.15, -0.1) is 0 Å². The van der Waals surface area contributed by atoms with Gasteiger partial charge in [-0.3, -0.25) is 9.78 Å². The predicted octanol–water partition coefficient (Wildman–Crippen LogP) is 3.67. The van der Waals surface area contributed by atoms with E-state index in [-0.39, 0.29) is 25.0 Å². The van der Waals surface area contributed by atoms with Crippen LogP contribution < -0.4 is 0 Å². The van der Waals surface area contributed by atoms with Crippen LogP contribution in [0.1, 0.15) is 42.6 Å². The molecule has 2 atom stereocenters. The number of cyclic esters (lactones) is 1. The number of hydrogen-bond acceptors (Lipinski definition) is 5. The normalized spacial score (nSPS) is 25.8. The lowest BCUT2D eigenvalue weighted by Gasteiger charge is -2.41. The maximum Gasteiger partial charge on any atom is 0.342 e. The van der Waals surface area contributed by atoms with E-state index in [2.05, 4.69) is 31.9 Å². The van der Waals surface area contributed by atoms with Crippen LogP contribution in [0.15, 0.2) is 33.8 Å². The SMILES string of the molecule is CC[C@@]1(O)C(=O)OCC2=C1CC1c3nc4ccc(Br)cc4c(CBr)c3CN1C2=O. The summed E-state index contributed by atoms with van der Waals surface area (Å²) in [6, 6.07) is 5.67. The van der Waals surface area contributed by atoms with Crippen molar-refractivity contribution in [1.29, 1.82) is 0 Å². The molecule has 6 nitrogen and oxygen atoms in total. The molecule has 150 valence electrons. The number of rotatable bonds is 2. The third kappa shape index (κ3) is 2.58. The monoisotopic (exact) mass is 520 g/mol. The standard InChI is InChI=1S/C21H18Br2N2O4/c1-2-21(28)15-6-17-18-13(8-25(17)19(26)14(15)9-29-20(21)27)12(7-22)11-5-10(23)3-4-16(11)24-18/h3-5,17,28H,2,6-9H2,1H3/t17?,21-/m0/s1. The first-order chi connectivity index (χ1) is 13.9. The first kappa shape index (κ1) is 19.2. The van der Waals surface area contributed by atoms with E-state index >= 15 is 0 Å². The number of aromatic nitrogens is 1. The molecule has 8 heteroatoms. The van der Waals surface area contributed by atoms with Crippen molar-refractivity contribution in [2.45, 2.75) is 43.3 Å². The zero-order chi connectivity index (χ0) is 20.5. The number of hydrogen-bond donors (Lipinski definition) is 1. The highest BCUT2D eigenvalue weighted by Gasteiger charge is 2.52. The maximum atomic E-state index is 13.3. The Kier molecular flexibility index (Phi) is 4.38. The van der Waals surface area contributed by atoms with Gasteiger partial charge in [0.25, 0.3) is 5.91 Å². The molecule has 0 radical (unpaired) electrons. The number of ether oxygens (including phenoxy) is 1. The zero-order valence-electron chi connectivity index (χ0n) is 15.7. The number of nitrogens with zero attached hydrogens (tertiary/aromatic N) is 2. The maximum absolute atomic E-state index is 13.3. The molecular formula is C21H18Br2N2O4. The summed E-state index contributed by atoms with van der Waals surface area (Å²) in [5.41, 5.74) is 3.04. The first-order valence-corrected chi connectivity index (χ1v) is 11.4. The van der Waals surface area contributed by atoms with Crippen molar-refractivity contribution in [1.82, 2.24) is 9.88 Å². The van der Waals surface area contributed by atoms with Gasteiger partial charge in [-0.05, 0) is 47.7 Å². The molecule has 2 aromatic rings. The highest BCUT2D eigenvalue weighted by Crippen LogP contribution is 2.48. The van der Waals surface area contributed by atoms with E-state index in [1.54, 1.807) is 11.8 Å². The number of esters is 1. The van der Waals surface area contributed by atoms with Gasteiger partial charge in [-0.25, -0.2) is 4.79 Å². The summed E-state index contributed by atoms with van der Waals surface area (Å²) in [7, 11) is 0. The molecule has 1 amide bonds. The van der Waals surface area contributed by atoms with Gasteiger partial charge in [0.05, 0.1) is 22.8 Å². The van der Waals surface area contributed by atoms with E-state index in [4.69, 9.17) is 9.72 Å². The van der Waals surface area contributed by atoms with E-state index < -0.39 is 11.6 Å². The average Bonchev–Trinajstić information content (AvgIpc) is 3.08. The molecule has 0 saturated carbocycles. The highest BCUT2D eigenvalue weighted by molar-refractivity contribution is 9.10. The average molecular weight is 522 g/mol. The molecule has 0 fully saturated rings. The summed E-state index contributed by atoms with van der Waals surface area (Å²) in [6.07, 6.45) is 0.563. The molecule has 0 bridgehead atoms. The van der Waals surface area contributed by atoms with Gasteiger partial charge < -0.3 is 14.7 Å². The van der Waals surface area contributed by atoms with E-state index in [0.29, 0.717) is 29.4 Å². The predicted molar refractivity (Wildman–Crippen MR) is 113 cm³/mol. The van der Waals surface area contributed by atoms with Crippen LogP contribution in [0.2, 0.25) is 0 Å². The summed E-state index contributed by atoms with van der Waals surface area (Å²) in [6.45, 7) is 2.11. The van der Waals surface area contributed by atoms with Gasteiger partial charge >= 0.3 is 5.97 Å². The fraction of sp³-hybridized carbons (Fsp3) is 0.381. The Labute approximate surface area is 184 Å². The number of benzene rings is 1. The molecule has 3 aliphatic rings. The van der Waals surface area contributed by atoms with Crippen molar-refractivity contribution < 1.29 is 19.4 Å². The summed E-state index contributed by atoms with van der Waals surface area (Å²) >= 11 is 7.13. The Hall–Kier alpha value is -1.77. The minimum absolute atomic E-state index is 0.0808. The lowest BCUT2D eigenvalue weighted by molar-refractivity contribution is -0.165. The van der Waals surface area contributed by atoms with Crippen LogP contribution in [-0.2, 0) is 26.2 Å². The third-order valence-corrected chi connectivity index (χ3v) is 7.38. The number of pyridine rings is 1. The Morgan fingerprint density at radius 2 is 2.17 bits per heavy atom. The number of carbonyl (C=O) groups is 2.